The first-order valence-electron chi connectivity index (χ1n) is 7.62. The van der Waals surface area contributed by atoms with Crippen molar-refractivity contribution in [3.63, 3.8) is 0 Å². The third kappa shape index (κ3) is 3.98. The highest BCUT2D eigenvalue weighted by molar-refractivity contribution is 6.34. The second-order valence-corrected chi connectivity index (χ2v) is 5.83. The molecule has 1 amide bonds. The first kappa shape index (κ1) is 18.0. The number of aryl methyl sites for hydroxylation is 1. The summed E-state index contributed by atoms with van der Waals surface area (Å²) in [5, 5.41) is 4.90. The van der Waals surface area contributed by atoms with Gasteiger partial charge in [-0.2, -0.15) is 5.10 Å². The molecule has 1 aliphatic rings. The van der Waals surface area contributed by atoms with Crippen LogP contribution in [0.3, 0.4) is 0 Å². The maximum Gasteiger partial charge on any atom is 0.275 e. The third-order valence-electron chi connectivity index (χ3n) is 3.50. The van der Waals surface area contributed by atoms with Crippen molar-refractivity contribution in [3.05, 3.63) is 16.4 Å². The Kier molecular flexibility index (Phi) is 6.68. The van der Waals surface area contributed by atoms with Gasteiger partial charge in [-0.15, -0.1) is 0 Å². The van der Waals surface area contributed by atoms with Crippen molar-refractivity contribution in [1.29, 1.82) is 0 Å². The molecule has 0 fully saturated rings. The average molecular weight is 315 g/mol. The molecule has 1 aliphatic heterocycles. The molecule has 0 bridgehead atoms. The van der Waals surface area contributed by atoms with Gasteiger partial charge in [-0.1, -0.05) is 25.4 Å². The van der Waals surface area contributed by atoms with E-state index in [2.05, 4.69) is 23.8 Å². The fourth-order valence-corrected chi connectivity index (χ4v) is 2.57. The Hall–Kier alpha value is -1.07. The predicted octanol–water partition coefficient (Wildman–Crippen LogP) is 2.88. The van der Waals surface area contributed by atoms with Crippen LogP contribution < -0.4 is 0 Å². The molecule has 0 N–H and O–H groups in total. The van der Waals surface area contributed by atoms with Crippen LogP contribution in [0.4, 0.5) is 0 Å². The summed E-state index contributed by atoms with van der Waals surface area (Å²) in [7, 11) is 3.42. The van der Waals surface area contributed by atoms with E-state index >= 15 is 0 Å². The minimum absolute atomic E-state index is 0.137. The monoisotopic (exact) mass is 314 g/mol. The molecule has 0 atom stereocenters. The van der Waals surface area contributed by atoms with Gasteiger partial charge in [-0.25, -0.2) is 0 Å². The molecule has 0 aliphatic carbocycles. The fraction of sp³-hybridized carbons (Fsp3) is 0.733. The standard InChI is InChI=1S/C13H21ClN4O.C2H6/c1-9(2)17-6-5-7-18-10(8-17)11(14)12(15-18)13(19)16(3)4;1-2/h9H,5-8H2,1-4H3;1-2H3. The normalized spacial score (nSPS) is 15.0. The minimum Gasteiger partial charge on any atom is -0.343 e. The van der Waals surface area contributed by atoms with Crippen molar-refractivity contribution in [2.24, 2.45) is 0 Å². The number of carbonyl (C=O) groups is 1. The maximum absolute atomic E-state index is 12.0. The highest BCUT2D eigenvalue weighted by Crippen LogP contribution is 2.26. The first-order chi connectivity index (χ1) is 9.91. The Morgan fingerprint density at radius 1 is 1.29 bits per heavy atom. The SMILES string of the molecule is CC.CC(C)N1CCCn2nc(C(=O)N(C)C)c(Cl)c2C1. The van der Waals surface area contributed by atoms with Gasteiger partial charge < -0.3 is 4.90 Å². The molecule has 0 spiro atoms. The van der Waals surface area contributed by atoms with Gasteiger partial charge in [0.25, 0.3) is 5.91 Å². The Morgan fingerprint density at radius 3 is 2.43 bits per heavy atom. The summed E-state index contributed by atoms with van der Waals surface area (Å²) in [5.74, 6) is -0.137. The van der Waals surface area contributed by atoms with Gasteiger partial charge in [-0.05, 0) is 20.3 Å². The Balaban J connectivity index is 0.00000106. The largest absolute Gasteiger partial charge is 0.343 e. The molecule has 0 aromatic carbocycles. The van der Waals surface area contributed by atoms with Crippen LogP contribution in [0.5, 0.6) is 0 Å². The van der Waals surface area contributed by atoms with Gasteiger partial charge in [0.1, 0.15) is 0 Å². The number of rotatable bonds is 2. The van der Waals surface area contributed by atoms with E-state index in [0.717, 1.165) is 31.7 Å². The van der Waals surface area contributed by atoms with Crippen LogP contribution >= 0.6 is 11.6 Å². The van der Waals surface area contributed by atoms with Crippen molar-refractivity contribution in [3.8, 4) is 0 Å². The summed E-state index contributed by atoms with van der Waals surface area (Å²) in [4.78, 5) is 15.9. The van der Waals surface area contributed by atoms with Crippen molar-refractivity contribution in [2.75, 3.05) is 20.6 Å². The van der Waals surface area contributed by atoms with Crippen LogP contribution in [0.25, 0.3) is 0 Å². The molecule has 0 radical (unpaired) electrons. The van der Waals surface area contributed by atoms with E-state index in [0.29, 0.717) is 16.8 Å². The molecule has 2 heterocycles. The molecule has 6 heteroatoms. The highest BCUT2D eigenvalue weighted by Gasteiger charge is 2.26. The van der Waals surface area contributed by atoms with E-state index in [4.69, 9.17) is 11.6 Å². The number of nitrogens with zero attached hydrogens (tertiary/aromatic N) is 4. The number of carbonyl (C=O) groups excluding carboxylic acids is 1. The maximum atomic E-state index is 12.0. The van der Waals surface area contributed by atoms with Gasteiger partial charge >= 0.3 is 0 Å². The zero-order chi connectivity index (χ0) is 16.2. The molecule has 2 rings (SSSR count). The van der Waals surface area contributed by atoms with Crippen LogP contribution in [0.1, 0.15) is 50.3 Å². The lowest BCUT2D eigenvalue weighted by molar-refractivity contribution is 0.0821. The average Bonchev–Trinajstić information content (AvgIpc) is 2.65. The molecule has 0 saturated heterocycles. The quantitative estimate of drug-likeness (QED) is 0.843. The number of aromatic nitrogens is 2. The molecule has 1 aromatic heterocycles. The summed E-state index contributed by atoms with van der Waals surface area (Å²) in [6.45, 7) is 11.0. The van der Waals surface area contributed by atoms with Gasteiger partial charge in [0, 0.05) is 39.8 Å². The van der Waals surface area contributed by atoms with E-state index in [1.807, 2.05) is 18.5 Å². The van der Waals surface area contributed by atoms with Crippen LogP contribution in [0.2, 0.25) is 5.02 Å². The van der Waals surface area contributed by atoms with E-state index in [-0.39, 0.29) is 5.91 Å². The Morgan fingerprint density at radius 2 is 1.90 bits per heavy atom. The zero-order valence-electron chi connectivity index (χ0n) is 14.0. The lowest BCUT2D eigenvalue weighted by Gasteiger charge is -2.23. The second-order valence-electron chi connectivity index (χ2n) is 5.45. The summed E-state index contributed by atoms with van der Waals surface area (Å²) in [6, 6.07) is 0.463. The molecular weight excluding hydrogens is 288 g/mol. The highest BCUT2D eigenvalue weighted by atomic mass is 35.5. The van der Waals surface area contributed by atoms with Crippen molar-refractivity contribution in [2.45, 2.75) is 53.2 Å². The van der Waals surface area contributed by atoms with E-state index in [9.17, 15) is 4.79 Å². The number of hydrogen-bond donors (Lipinski definition) is 0. The van der Waals surface area contributed by atoms with E-state index in [1.54, 1.807) is 14.1 Å². The van der Waals surface area contributed by atoms with Gasteiger partial charge in [-0.3, -0.25) is 14.4 Å². The molecule has 0 unspecified atom stereocenters. The summed E-state index contributed by atoms with van der Waals surface area (Å²) in [5.41, 5.74) is 1.32. The molecule has 5 nitrogen and oxygen atoms in total. The molecule has 0 saturated carbocycles. The van der Waals surface area contributed by atoms with Crippen LogP contribution in [0, 0.1) is 0 Å². The second kappa shape index (κ2) is 7.80. The van der Waals surface area contributed by atoms with Crippen molar-refractivity contribution >= 4 is 17.5 Å². The Bertz CT molecular complexity index is 482. The lowest BCUT2D eigenvalue weighted by Crippen LogP contribution is -2.30. The summed E-state index contributed by atoms with van der Waals surface area (Å²) >= 11 is 6.37. The van der Waals surface area contributed by atoms with Crippen LogP contribution in [-0.2, 0) is 13.1 Å². The van der Waals surface area contributed by atoms with Gasteiger partial charge in [0.15, 0.2) is 5.69 Å². The van der Waals surface area contributed by atoms with Crippen molar-refractivity contribution < 1.29 is 4.79 Å². The third-order valence-corrected chi connectivity index (χ3v) is 3.90. The molecule has 21 heavy (non-hydrogen) atoms. The number of fused-ring (bicyclic) bond motifs is 1. The first-order valence-corrected chi connectivity index (χ1v) is 8.00. The number of hydrogen-bond acceptors (Lipinski definition) is 3. The lowest BCUT2D eigenvalue weighted by atomic mass is 10.2. The molecular formula is C15H27ClN4O. The minimum atomic E-state index is -0.137. The van der Waals surface area contributed by atoms with Crippen LogP contribution in [0.15, 0.2) is 0 Å². The zero-order valence-corrected chi connectivity index (χ0v) is 14.7. The fourth-order valence-electron chi connectivity index (χ4n) is 2.30. The van der Waals surface area contributed by atoms with Crippen LogP contribution in [-0.4, -0.2) is 52.2 Å². The summed E-state index contributed by atoms with van der Waals surface area (Å²) in [6.07, 6.45) is 1.03. The predicted molar refractivity (Wildman–Crippen MR) is 86.8 cm³/mol. The molecule has 1 aromatic rings. The topological polar surface area (TPSA) is 41.4 Å². The van der Waals surface area contributed by atoms with E-state index < -0.39 is 0 Å². The number of amides is 1. The summed E-state index contributed by atoms with van der Waals surface area (Å²) < 4.78 is 1.89. The van der Waals surface area contributed by atoms with Crippen molar-refractivity contribution in [1.82, 2.24) is 19.6 Å². The van der Waals surface area contributed by atoms with Gasteiger partial charge in [0.2, 0.25) is 0 Å². The van der Waals surface area contributed by atoms with E-state index in [1.165, 1.54) is 4.90 Å². The number of halogens is 1. The Labute approximate surface area is 132 Å². The smallest absolute Gasteiger partial charge is 0.275 e. The molecule has 120 valence electrons. The van der Waals surface area contributed by atoms with Gasteiger partial charge in [0.05, 0.1) is 10.7 Å².